The Balaban J connectivity index is 2.05. The minimum absolute atomic E-state index is 0.0843. The van der Waals surface area contributed by atoms with Crippen LogP contribution in [0.2, 0.25) is 0 Å². The van der Waals surface area contributed by atoms with Crippen molar-refractivity contribution in [2.24, 2.45) is 0 Å². The summed E-state index contributed by atoms with van der Waals surface area (Å²) in [5.74, 6) is 0. The third kappa shape index (κ3) is 2.97. The van der Waals surface area contributed by atoms with Crippen LogP contribution in [0, 0.1) is 6.92 Å². The van der Waals surface area contributed by atoms with Crippen LogP contribution in [-0.2, 0) is 11.3 Å². The lowest BCUT2D eigenvalue weighted by Crippen LogP contribution is -2.31. The van der Waals surface area contributed by atoms with E-state index in [0.29, 0.717) is 6.10 Å². The van der Waals surface area contributed by atoms with Gasteiger partial charge < -0.3 is 14.7 Å². The number of aliphatic hydroxyl groups excluding tert-OH is 1. The first-order chi connectivity index (χ1) is 8.24. The molecule has 1 unspecified atom stereocenters. The second-order valence-corrected chi connectivity index (χ2v) is 5.40. The van der Waals surface area contributed by atoms with Crippen LogP contribution >= 0.6 is 11.3 Å². The zero-order chi connectivity index (χ0) is 12.3. The van der Waals surface area contributed by atoms with Gasteiger partial charge in [0.2, 0.25) is 0 Å². The number of aryl methyl sites for hydroxylation is 1. The number of nitrogens with zero attached hydrogens (tertiary/aromatic N) is 2. The van der Waals surface area contributed by atoms with Gasteiger partial charge in [0, 0.05) is 19.7 Å². The number of hydrogen-bond donors (Lipinski definition) is 1. The molecule has 0 spiro atoms. The molecule has 5 heteroatoms. The Bertz CT molecular complexity index is 361. The summed E-state index contributed by atoms with van der Waals surface area (Å²) < 4.78 is 5.66. The van der Waals surface area contributed by atoms with Crippen LogP contribution in [0.4, 0.5) is 5.13 Å². The summed E-state index contributed by atoms with van der Waals surface area (Å²) in [6.07, 6.45) is 2.66. The van der Waals surface area contributed by atoms with Gasteiger partial charge in [0.15, 0.2) is 5.13 Å². The van der Waals surface area contributed by atoms with Crippen LogP contribution in [0.15, 0.2) is 0 Å². The zero-order valence-corrected chi connectivity index (χ0v) is 11.3. The van der Waals surface area contributed by atoms with Gasteiger partial charge in [0.1, 0.15) is 0 Å². The molecule has 0 saturated carbocycles. The van der Waals surface area contributed by atoms with Gasteiger partial charge in [-0.1, -0.05) is 11.3 Å². The molecule has 1 aliphatic heterocycles. The Labute approximate surface area is 106 Å². The van der Waals surface area contributed by atoms with Gasteiger partial charge in [-0.2, -0.15) is 0 Å². The molecule has 0 aromatic carbocycles. The van der Waals surface area contributed by atoms with Crippen LogP contribution < -0.4 is 4.90 Å². The summed E-state index contributed by atoms with van der Waals surface area (Å²) in [6, 6.07) is 0. The molecule has 2 rings (SSSR count). The van der Waals surface area contributed by atoms with Gasteiger partial charge in [-0.05, 0) is 26.7 Å². The third-order valence-corrected chi connectivity index (χ3v) is 4.33. The topological polar surface area (TPSA) is 45.6 Å². The van der Waals surface area contributed by atoms with E-state index in [0.717, 1.165) is 41.8 Å². The maximum Gasteiger partial charge on any atom is 0.185 e. The average molecular weight is 256 g/mol. The maximum absolute atomic E-state index is 9.20. The number of thiazole rings is 1. The number of ether oxygens (including phenoxy) is 1. The lowest BCUT2D eigenvalue weighted by Gasteiger charge is -2.23. The SMILES string of the molecule is CCN(CC1CCCO1)c1nc(C)c(CO)s1. The van der Waals surface area contributed by atoms with Crippen molar-refractivity contribution < 1.29 is 9.84 Å². The Hall–Kier alpha value is -0.650. The summed E-state index contributed by atoms with van der Waals surface area (Å²) in [7, 11) is 0. The first-order valence-corrected chi connectivity index (χ1v) is 7.00. The average Bonchev–Trinajstić information content (AvgIpc) is 2.95. The van der Waals surface area contributed by atoms with Gasteiger partial charge in [0.25, 0.3) is 0 Å². The predicted molar refractivity (Wildman–Crippen MR) is 69.6 cm³/mol. The largest absolute Gasteiger partial charge is 0.391 e. The molecular weight excluding hydrogens is 236 g/mol. The molecule has 0 aliphatic carbocycles. The van der Waals surface area contributed by atoms with E-state index in [9.17, 15) is 5.11 Å². The van der Waals surface area contributed by atoms with E-state index >= 15 is 0 Å². The van der Waals surface area contributed by atoms with Crippen molar-refractivity contribution in [3.05, 3.63) is 10.6 Å². The Kier molecular flexibility index (Phi) is 4.36. The molecule has 2 heterocycles. The highest BCUT2D eigenvalue weighted by Gasteiger charge is 2.20. The number of aliphatic hydroxyl groups is 1. The number of aromatic nitrogens is 1. The van der Waals surface area contributed by atoms with Crippen molar-refractivity contribution in [3.63, 3.8) is 0 Å². The number of likely N-dealkylation sites (N-methyl/N-ethyl adjacent to an activating group) is 1. The number of hydrogen-bond acceptors (Lipinski definition) is 5. The van der Waals surface area contributed by atoms with E-state index in [1.807, 2.05) is 6.92 Å². The Morgan fingerprint density at radius 2 is 2.41 bits per heavy atom. The molecule has 17 heavy (non-hydrogen) atoms. The van der Waals surface area contributed by atoms with Crippen LogP contribution in [0.25, 0.3) is 0 Å². The molecule has 96 valence electrons. The van der Waals surface area contributed by atoms with Crippen LogP contribution in [0.3, 0.4) is 0 Å². The van der Waals surface area contributed by atoms with Gasteiger partial charge in [-0.3, -0.25) is 0 Å². The molecule has 1 N–H and O–H groups in total. The van der Waals surface area contributed by atoms with Gasteiger partial charge in [-0.25, -0.2) is 4.98 Å². The maximum atomic E-state index is 9.20. The molecule has 0 amide bonds. The second kappa shape index (κ2) is 5.80. The summed E-state index contributed by atoms with van der Waals surface area (Å²) in [4.78, 5) is 7.73. The van der Waals surface area contributed by atoms with Crippen LogP contribution in [-0.4, -0.2) is 35.9 Å². The minimum atomic E-state index is 0.0843. The van der Waals surface area contributed by atoms with E-state index < -0.39 is 0 Å². The van der Waals surface area contributed by atoms with E-state index in [2.05, 4.69) is 16.8 Å². The Morgan fingerprint density at radius 1 is 1.59 bits per heavy atom. The molecule has 1 aliphatic rings. The highest BCUT2D eigenvalue weighted by molar-refractivity contribution is 7.15. The smallest absolute Gasteiger partial charge is 0.185 e. The minimum Gasteiger partial charge on any atom is -0.391 e. The molecule has 1 atom stereocenters. The molecule has 1 aromatic rings. The molecule has 0 bridgehead atoms. The van der Waals surface area contributed by atoms with Crippen molar-refractivity contribution in [1.82, 2.24) is 4.98 Å². The van der Waals surface area contributed by atoms with Crippen molar-refractivity contribution in [1.29, 1.82) is 0 Å². The lowest BCUT2D eigenvalue weighted by atomic mass is 10.2. The highest BCUT2D eigenvalue weighted by atomic mass is 32.1. The van der Waals surface area contributed by atoms with E-state index in [1.165, 1.54) is 6.42 Å². The molecule has 1 fully saturated rings. The lowest BCUT2D eigenvalue weighted by molar-refractivity contribution is 0.115. The summed E-state index contributed by atoms with van der Waals surface area (Å²) in [5.41, 5.74) is 0.943. The van der Waals surface area contributed by atoms with Crippen LogP contribution in [0.5, 0.6) is 0 Å². The normalized spacial score (nSPS) is 19.8. The van der Waals surface area contributed by atoms with Gasteiger partial charge in [0.05, 0.1) is 23.3 Å². The van der Waals surface area contributed by atoms with E-state index in [-0.39, 0.29) is 6.61 Å². The van der Waals surface area contributed by atoms with E-state index in [4.69, 9.17) is 4.74 Å². The third-order valence-electron chi connectivity index (χ3n) is 3.13. The fourth-order valence-corrected chi connectivity index (χ4v) is 3.06. The number of rotatable bonds is 5. The summed E-state index contributed by atoms with van der Waals surface area (Å²) in [6.45, 7) is 6.89. The fourth-order valence-electron chi connectivity index (χ4n) is 2.07. The molecule has 1 aromatic heterocycles. The van der Waals surface area contributed by atoms with Crippen LogP contribution in [0.1, 0.15) is 30.3 Å². The number of anilines is 1. The molecule has 0 radical (unpaired) electrons. The standard InChI is InChI=1S/C12H20N2O2S/c1-3-14(7-10-5-4-6-16-10)12-13-9(2)11(8-15)17-12/h10,15H,3-8H2,1-2H3. The zero-order valence-electron chi connectivity index (χ0n) is 10.5. The predicted octanol–water partition coefficient (Wildman–Crippen LogP) is 1.95. The van der Waals surface area contributed by atoms with Crippen molar-refractivity contribution in [2.75, 3.05) is 24.6 Å². The molecular formula is C12H20N2O2S. The van der Waals surface area contributed by atoms with Crippen molar-refractivity contribution in [3.8, 4) is 0 Å². The molecule has 4 nitrogen and oxygen atoms in total. The quantitative estimate of drug-likeness (QED) is 0.874. The van der Waals surface area contributed by atoms with Crippen molar-refractivity contribution in [2.45, 2.75) is 39.4 Å². The monoisotopic (exact) mass is 256 g/mol. The Morgan fingerprint density at radius 3 is 2.94 bits per heavy atom. The fraction of sp³-hybridized carbons (Fsp3) is 0.750. The summed E-state index contributed by atoms with van der Waals surface area (Å²) >= 11 is 1.58. The molecule has 1 saturated heterocycles. The van der Waals surface area contributed by atoms with Gasteiger partial charge >= 0.3 is 0 Å². The first-order valence-electron chi connectivity index (χ1n) is 6.18. The first kappa shape index (κ1) is 12.8. The van der Waals surface area contributed by atoms with E-state index in [1.54, 1.807) is 11.3 Å². The van der Waals surface area contributed by atoms with Gasteiger partial charge in [-0.15, -0.1) is 0 Å². The van der Waals surface area contributed by atoms with Crippen molar-refractivity contribution >= 4 is 16.5 Å². The summed E-state index contributed by atoms with van der Waals surface area (Å²) in [5, 5.41) is 10.2. The highest BCUT2D eigenvalue weighted by Crippen LogP contribution is 2.27. The second-order valence-electron chi connectivity index (χ2n) is 4.34.